The fraction of sp³-hybridized carbons (Fsp3) is 0.211. The van der Waals surface area contributed by atoms with Gasteiger partial charge in [-0.2, -0.15) is 5.10 Å². The molecule has 0 spiro atoms. The highest BCUT2D eigenvalue weighted by Gasteiger charge is 2.22. The van der Waals surface area contributed by atoms with Crippen molar-refractivity contribution in [1.29, 1.82) is 0 Å². The van der Waals surface area contributed by atoms with E-state index in [9.17, 15) is 5.11 Å². The van der Waals surface area contributed by atoms with Gasteiger partial charge in [-0.15, -0.1) is 0 Å². The van der Waals surface area contributed by atoms with Crippen LogP contribution < -0.4 is 0 Å². The molecule has 22 heavy (non-hydrogen) atoms. The number of benzene rings is 2. The number of hydrogen-bond donors (Lipinski definition) is 1. The van der Waals surface area contributed by atoms with Crippen molar-refractivity contribution in [3.8, 4) is 22.8 Å². The van der Waals surface area contributed by atoms with Gasteiger partial charge in [0, 0.05) is 11.1 Å². The molecular weight excluding hydrogens is 272 g/mol. The summed E-state index contributed by atoms with van der Waals surface area (Å²) in [7, 11) is 0. The third kappa shape index (κ3) is 2.39. The first kappa shape index (κ1) is 14.4. The van der Waals surface area contributed by atoms with Gasteiger partial charge in [-0.3, -0.25) is 0 Å². The van der Waals surface area contributed by atoms with E-state index in [1.807, 2.05) is 42.5 Å². The molecule has 0 bridgehead atoms. The molecule has 0 fully saturated rings. The predicted molar refractivity (Wildman–Crippen MR) is 89.5 cm³/mol. The number of nitrogens with zero attached hydrogens (tertiary/aromatic N) is 2. The molecule has 0 amide bonds. The fourth-order valence-electron chi connectivity index (χ4n) is 2.74. The van der Waals surface area contributed by atoms with Crippen LogP contribution in [0.2, 0.25) is 0 Å². The third-order valence-corrected chi connectivity index (χ3v) is 3.87. The molecule has 1 N–H and O–H groups in total. The number of aromatic hydroxyl groups is 1. The molecule has 0 radical (unpaired) electrons. The second-order valence-electron chi connectivity index (χ2n) is 5.80. The molecule has 0 aliphatic heterocycles. The lowest BCUT2D eigenvalue weighted by Crippen LogP contribution is -1.95. The van der Waals surface area contributed by atoms with Gasteiger partial charge in [-0.1, -0.05) is 56.3 Å². The van der Waals surface area contributed by atoms with Crippen LogP contribution in [0, 0.1) is 6.92 Å². The van der Waals surface area contributed by atoms with E-state index in [4.69, 9.17) is 5.10 Å². The lowest BCUT2D eigenvalue weighted by atomic mass is 9.96. The average molecular weight is 292 g/mol. The molecule has 1 heterocycles. The molecular formula is C19H20N2O. The maximum Gasteiger partial charge on any atom is 0.218 e. The Morgan fingerprint density at radius 1 is 0.955 bits per heavy atom. The summed E-state index contributed by atoms with van der Waals surface area (Å²) >= 11 is 0. The van der Waals surface area contributed by atoms with Crippen molar-refractivity contribution in [3.05, 3.63) is 65.7 Å². The first-order chi connectivity index (χ1) is 10.6. The number of rotatable bonds is 3. The van der Waals surface area contributed by atoms with E-state index in [2.05, 4.69) is 32.9 Å². The summed E-state index contributed by atoms with van der Waals surface area (Å²) in [6.07, 6.45) is 0. The Balaban J connectivity index is 2.25. The van der Waals surface area contributed by atoms with Crippen molar-refractivity contribution in [2.45, 2.75) is 26.7 Å². The Morgan fingerprint density at radius 3 is 2.23 bits per heavy atom. The van der Waals surface area contributed by atoms with Crippen LogP contribution in [-0.2, 0) is 0 Å². The van der Waals surface area contributed by atoms with Crippen LogP contribution in [0.25, 0.3) is 16.9 Å². The normalized spacial score (nSPS) is 11.1. The molecule has 2 aromatic carbocycles. The van der Waals surface area contributed by atoms with Crippen LogP contribution >= 0.6 is 0 Å². The minimum Gasteiger partial charge on any atom is -0.493 e. The molecule has 0 saturated carbocycles. The standard InChI is InChI=1S/C19H20N2O/c1-13(2)17-18(16-12-8-7-9-14(16)3)20-21(19(17)22)15-10-5-4-6-11-15/h4-13,22H,1-3H3. The van der Waals surface area contributed by atoms with Crippen LogP contribution in [0.15, 0.2) is 54.6 Å². The van der Waals surface area contributed by atoms with Gasteiger partial charge in [0.05, 0.1) is 5.69 Å². The van der Waals surface area contributed by atoms with Gasteiger partial charge in [-0.25, -0.2) is 4.68 Å². The molecule has 0 aliphatic carbocycles. The van der Waals surface area contributed by atoms with E-state index in [0.717, 1.165) is 28.1 Å². The summed E-state index contributed by atoms with van der Waals surface area (Å²) < 4.78 is 1.62. The number of aryl methyl sites for hydroxylation is 1. The van der Waals surface area contributed by atoms with Crippen LogP contribution in [0.4, 0.5) is 0 Å². The maximum absolute atomic E-state index is 10.7. The van der Waals surface area contributed by atoms with E-state index in [0.29, 0.717) is 0 Å². The van der Waals surface area contributed by atoms with E-state index < -0.39 is 0 Å². The smallest absolute Gasteiger partial charge is 0.218 e. The zero-order valence-electron chi connectivity index (χ0n) is 13.1. The van der Waals surface area contributed by atoms with Crippen molar-refractivity contribution < 1.29 is 5.11 Å². The second-order valence-corrected chi connectivity index (χ2v) is 5.80. The van der Waals surface area contributed by atoms with Crippen molar-refractivity contribution >= 4 is 0 Å². The SMILES string of the molecule is Cc1ccccc1-c1nn(-c2ccccc2)c(O)c1C(C)C. The van der Waals surface area contributed by atoms with Crippen LogP contribution in [0.1, 0.15) is 30.9 Å². The van der Waals surface area contributed by atoms with Gasteiger partial charge in [0.15, 0.2) is 0 Å². The minimum atomic E-state index is 0.187. The third-order valence-electron chi connectivity index (χ3n) is 3.87. The van der Waals surface area contributed by atoms with Crippen LogP contribution in [-0.4, -0.2) is 14.9 Å². The molecule has 1 aromatic heterocycles. The Bertz CT molecular complexity index is 788. The largest absolute Gasteiger partial charge is 0.493 e. The highest BCUT2D eigenvalue weighted by molar-refractivity contribution is 5.70. The molecule has 0 unspecified atom stereocenters. The summed E-state index contributed by atoms with van der Waals surface area (Å²) in [5.41, 5.74) is 4.83. The van der Waals surface area contributed by atoms with Crippen molar-refractivity contribution in [3.63, 3.8) is 0 Å². The van der Waals surface area contributed by atoms with Crippen molar-refractivity contribution in [2.75, 3.05) is 0 Å². The van der Waals surface area contributed by atoms with Crippen molar-refractivity contribution in [1.82, 2.24) is 9.78 Å². The summed E-state index contributed by atoms with van der Waals surface area (Å²) in [5, 5.41) is 15.4. The summed E-state index contributed by atoms with van der Waals surface area (Å²) in [5.74, 6) is 0.409. The minimum absolute atomic E-state index is 0.187. The van der Waals surface area contributed by atoms with Gasteiger partial charge in [0.1, 0.15) is 5.69 Å². The summed E-state index contributed by atoms with van der Waals surface area (Å²) in [6.45, 7) is 6.22. The Morgan fingerprint density at radius 2 is 1.59 bits per heavy atom. The highest BCUT2D eigenvalue weighted by atomic mass is 16.3. The first-order valence-electron chi connectivity index (χ1n) is 7.53. The molecule has 3 heteroatoms. The molecule has 0 saturated heterocycles. The quantitative estimate of drug-likeness (QED) is 0.761. The lowest BCUT2D eigenvalue weighted by molar-refractivity contribution is 0.425. The fourth-order valence-corrected chi connectivity index (χ4v) is 2.74. The number of hydrogen-bond acceptors (Lipinski definition) is 2. The van der Waals surface area contributed by atoms with E-state index >= 15 is 0 Å². The monoisotopic (exact) mass is 292 g/mol. The van der Waals surface area contributed by atoms with Gasteiger partial charge in [0.25, 0.3) is 0 Å². The molecule has 0 aliphatic rings. The number of aromatic nitrogens is 2. The highest BCUT2D eigenvalue weighted by Crippen LogP contribution is 2.37. The second kappa shape index (κ2) is 5.68. The van der Waals surface area contributed by atoms with Gasteiger partial charge in [0.2, 0.25) is 5.88 Å². The molecule has 3 aromatic rings. The van der Waals surface area contributed by atoms with Gasteiger partial charge >= 0.3 is 0 Å². The first-order valence-corrected chi connectivity index (χ1v) is 7.53. The van der Waals surface area contributed by atoms with Crippen LogP contribution in [0.5, 0.6) is 5.88 Å². The van der Waals surface area contributed by atoms with Gasteiger partial charge < -0.3 is 5.11 Å². The molecule has 3 nitrogen and oxygen atoms in total. The van der Waals surface area contributed by atoms with Gasteiger partial charge in [-0.05, 0) is 30.5 Å². The molecule has 112 valence electrons. The zero-order valence-corrected chi connectivity index (χ0v) is 13.1. The Kier molecular flexibility index (Phi) is 3.72. The van der Waals surface area contributed by atoms with E-state index in [1.165, 1.54) is 0 Å². The summed E-state index contributed by atoms with van der Waals surface area (Å²) in [6, 6.07) is 17.9. The van der Waals surface area contributed by atoms with Crippen LogP contribution in [0.3, 0.4) is 0 Å². The Hall–Kier alpha value is -2.55. The molecule has 3 rings (SSSR count). The lowest BCUT2D eigenvalue weighted by Gasteiger charge is -2.08. The van der Waals surface area contributed by atoms with E-state index in [1.54, 1.807) is 4.68 Å². The topological polar surface area (TPSA) is 38.0 Å². The average Bonchev–Trinajstić information content (AvgIpc) is 2.86. The predicted octanol–water partition coefficient (Wildman–Crippen LogP) is 4.68. The van der Waals surface area contributed by atoms with Crippen molar-refractivity contribution in [2.24, 2.45) is 0 Å². The van der Waals surface area contributed by atoms with E-state index in [-0.39, 0.29) is 11.8 Å². The maximum atomic E-state index is 10.7. The molecule has 0 atom stereocenters. The number of para-hydroxylation sites is 1. The summed E-state index contributed by atoms with van der Waals surface area (Å²) in [4.78, 5) is 0. The zero-order chi connectivity index (χ0) is 15.7. The Labute approximate surface area is 130 Å².